The number of nitrogens with zero attached hydrogens (tertiary/aromatic N) is 2. The highest BCUT2D eigenvalue weighted by Crippen LogP contribution is 2.22. The van der Waals surface area contributed by atoms with Crippen LogP contribution in [0.25, 0.3) is 0 Å². The third-order valence-electron chi connectivity index (χ3n) is 4.52. The summed E-state index contributed by atoms with van der Waals surface area (Å²) < 4.78 is 0. The first kappa shape index (κ1) is 14.1. The van der Waals surface area contributed by atoms with Gasteiger partial charge in [0, 0.05) is 37.2 Å². The Bertz CT molecular complexity index is 552. The van der Waals surface area contributed by atoms with Gasteiger partial charge in [-0.3, -0.25) is 14.7 Å². The second kappa shape index (κ2) is 5.50. The summed E-state index contributed by atoms with van der Waals surface area (Å²) in [6.07, 6.45) is 4.89. The van der Waals surface area contributed by atoms with Gasteiger partial charge in [0.1, 0.15) is 0 Å². The van der Waals surface area contributed by atoms with Crippen molar-refractivity contribution < 1.29 is 9.59 Å². The first-order valence-corrected chi connectivity index (χ1v) is 7.65. The molecule has 1 aliphatic heterocycles. The zero-order valence-corrected chi connectivity index (χ0v) is 12.6. The number of carbonyl (C=O) groups excluding carboxylic acids is 2. The lowest BCUT2D eigenvalue weighted by Crippen LogP contribution is -2.43. The lowest BCUT2D eigenvalue weighted by atomic mass is 9.93. The molecule has 2 amide bonds. The Morgan fingerprint density at radius 2 is 2.29 bits per heavy atom. The fourth-order valence-electron chi connectivity index (χ4n) is 3.26. The Hall–Kier alpha value is -1.85. The number of aromatic nitrogens is 2. The fourth-order valence-corrected chi connectivity index (χ4v) is 3.26. The zero-order chi connectivity index (χ0) is 15.0. The predicted molar refractivity (Wildman–Crippen MR) is 77.5 cm³/mol. The van der Waals surface area contributed by atoms with Gasteiger partial charge in [-0.1, -0.05) is 0 Å². The summed E-state index contributed by atoms with van der Waals surface area (Å²) in [6.45, 7) is 4.52. The maximum Gasteiger partial charge on any atom is 0.225 e. The van der Waals surface area contributed by atoms with Crippen LogP contribution in [-0.4, -0.2) is 45.5 Å². The number of likely N-dealkylation sites (tertiary alicyclic amines) is 1. The molecule has 1 saturated heterocycles. The minimum Gasteiger partial charge on any atom is -0.353 e. The smallest absolute Gasteiger partial charge is 0.225 e. The van der Waals surface area contributed by atoms with E-state index < -0.39 is 0 Å². The van der Waals surface area contributed by atoms with Gasteiger partial charge in [0.2, 0.25) is 11.8 Å². The molecule has 0 radical (unpaired) electrons. The molecule has 2 unspecified atom stereocenters. The summed E-state index contributed by atoms with van der Waals surface area (Å²) in [5.74, 6) is -0.104. The summed E-state index contributed by atoms with van der Waals surface area (Å²) in [5.41, 5.74) is 2.38. The van der Waals surface area contributed by atoms with Crippen LogP contribution in [0.3, 0.4) is 0 Å². The number of fused-ring (bicyclic) bond motifs is 1. The van der Waals surface area contributed by atoms with Crippen molar-refractivity contribution in [2.24, 2.45) is 5.92 Å². The van der Waals surface area contributed by atoms with Gasteiger partial charge in [0.15, 0.2) is 0 Å². The van der Waals surface area contributed by atoms with Crippen molar-refractivity contribution in [1.29, 1.82) is 0 Å². The number of nitrogens with one attached hydrogen (secondary N) is 2. The van der Waals surface area contributed by atoms with E-state index >= 15 is 0 Å². The topological polar surface area (TPSA) is 78.1 Å². The van der Waals surface area contributed by atoms with Crippen molar-refractivity contribution in [2.75, 3.05) is 6.54 Å². The highest BCUT2D eigenvalue weighted by molar-refractivity contribution is 5.89. The Balaban J connectivity index is 1.57. The largest absolute Gasteiger partial charge is 0.353 e. The molecule has 2 N–H and O–H groups in total. The van der Waals surface area contributed by atoms with Crippen molar-refractivity contribution in [2.45, 2.75) is 51.6 Å². The van der Waals surface area contributed by atoms with E-state index in [0.717, 1.165) is 25.0 Å². The van der Waals surface area contributed by atoms with E-state index in [1.54, 1.807) is 4.90 Å². The average Bonchev–Trinajstić information content (AvgIpc) is 3.04. The van der Waals surface area contributed by atoms with Crippen molar-refractivity contribution in [3.63, 3.8) is 0 Å². The first-order valence-electron chi connectivity index (χ1n) is 7.65. The molecule has 2 aliphatic rings. The van der Waals surface area contributed by atoms with Crippen LogP contribution in [0.1, 0.15) is 37.9 Å². The van der Waals surface area contributed by atoms with Crippen LogP contribution in [-0.2, 0) is 22.4 Å². The standard InChI is InChI=1S/C15H22N4O2/c1-9(2)19-8-11(5-14(19)20)15(21)17-12-4-3-10-7-16-18-13(10)6-12/h7,9,11-12H,3-6,8H2,1-2H3,(H,16,18)(H,17,21). The fraction of sp³-hybridized carbons (Fsp3) is 0.667. The molecular weight excluding hydrogens is 268 g/mol. The molecule has 0 saturated carbocycles. The third kappa shape index (κ3) is 2.80. The molecule has 1 aromatic heterocycles. The second-order valence-corrected chi connectivity index (χ2v) is 6.36. The number of aromatic amines is 1. The van der Waals surface area contributed by atoms with E-state index in [-0.39, 0.29) is 29.8 Å². The number of hydrogen-bond donors (Lipinski definition) is 2. The third-order valence-corrected chi connectivity index (χ3v) is 4.52. The molecule has 0 bridgehead atoms. The summed E-state index contributed by atoms with van der Waals surface area (Å²) in [7, 11) is 0. The van der Waals surface area contributed by atoms with Gasteiger partial charge < -0.3 is 10.2 Å². The minimum atomic E-state index is -0.205. The van der Waals surface area contributed by atoms with Crippen molar-refractivity contribution >= 4 is 11.8 Å². The quantitative estimate of drug-likeness (QED) is 0.857. The average molecular weight is 290 g/mol. The lowest BCUT2D eigenvalue weighted by molar-refractivity contribution is -0.130. The molecule has 6 heteroatoms. The Morgan fingerprint density at radius 3 is 3.00 bits per heavy atom. The van der Waals surface area contributed by atoms with Crippen LogP contribution >= 0.6 is 0 Å². The molecule has 1 aromatic rings. The van der Waals surface area contributed by atoms with Crippen LogP contribution in [0.4, 0.5) is 0 Å². The summed E-state index contributed by atoms with van der Waals surface area (Å²) in [4.78, 5) is 26.0. The summed E-state index contributed by atoms with van der Waals surface area (Å²) in [6, 6.07) is 0.311. The SMILES string of the molecule is CC(C)N1CC(C(=O)NC2CCc3cn[nH]c3C2)CC1=O. The van der Waals surface area contributed by atoms with E-state index in [0.29, 0.717) is 13.0 Å². The van der Waals surface area contributed by atoms with Crippen LogP contribution in [0.15, 0.2) is 6.20 Å². The maximum absolute atomic E-state index is 12.4. The van der Waals surface area contributed by atoms with Gasteiger partial charge in [-0.2, -0.15) is 5.10 Å². The molecule has 2 atom stereocenters. The lowest BCUT2D eigenvalue weighted by Gasteiger charge is -2.25. The molecule has 0 spiro atoms. The van der Waals surface area contributed by atoms with Crippen LogP contribution in [0.2, 0.25) is 0 Å². The highest BCUT2D eigenvalue weighted by Gasteiger charge is 2.36. The Morgan fingerprint density at radius 1 is 1.48 bits per heavy atom. The van der Waals surface area contributed by atoms with Crippen LogP contribution in [0.5, 0.6) is 0 Å². The van der Waals surface area contributed by atoms with Gasteiger partial charge in [0.25, 0.3) is 0 Å². The van der Waals surface area contributed by atoms with Crippen LogP contribution < -0.4 is 5.32 Å². The molecule has 1 fully saturated rings. The van der Waals surface area contributed by atoms with E-state index in [2.05, 4.69) is 15.5 Å². The van der Waals surface area contributed by atoms with E-state index in [1.165, 1.54) is 5.56 Å². The summed E-state index contributed by atoms with van der Waals surface area (Å²) in [5, 5.41) is 10.1. The van der Waals surface area contributed by atoms with Crippen molar-refractivity contribution in [3.8, 4) is 0 Å². The summed E-state index contributed by atoms with van der Waals surface area (Å²) >= 11 is 0. The normalized spacial score (nSPS) is 25.3. The number of H-pyrrole nitrogens is 1. The van der Waals surface area contributed by atoms with Crippen molar-refractivity contribution in [1.82, 2.24) is 20.4 Å². The van der Waals surface area contributed by atoms with E-state index in [1.807, 2.05) is 20.0 Å². The molecule has 21 heavy (non-hydrogen) atoms. The molecular formula is C15H22N4O2. The molecule has 114 valence electrons. The maximum atomic E-state index is 12.4. The number of rotatable bonds is 3. The highest BCUT2D eigenvalue weighted by atomic mass is 16.2. The Labute approximate surface area is 124 Å². The van der Waals surface area contributed by atoms with Gasteiger partial charge >= 0.3 is 0 Å². The molecule has 2 heterocycles. The van der Waals surface area contributed by atoms with Gasteiger partial charge in [0.05, 0.1) is 12.1 Å². The monoisotopic (exact) mass is 290 g/mol. The van der Waals surface area contributed by atoms with E-state index in [4.69, 9.17) is 0 Å². The molecule has 1 aliphatic carbocycles. The molecule has 3 rings (SSSR count). The molecule has 0 aromatic carbocycles. The first-order chi connectivity index (χ1) is 10.0. The van der Waals surface area contributed by atoms with Crippen LogP contribution in [0, 0.1) is 5.92 Å². The minimum absolute atomic E-state index is 0.0134. The van der Waals surface area contributed by atoms with Gasteiger partial charge in [-0.25, -0.2) is 0 Å². The number of carbonyl (C=O) groups is 2. The molecule has 6 nitrogen and oxygen atoms in total. The Kier molecular flexibility index (Phi) is 3.69. The number of hydrogen-bond acceptors (Lipinski definition) is 3. The zero-order valence-electron chi connectivity index (χ0n) is 12.6. The number of aryl methyl sites for hydroxylation is 1. The van der Waals surface area contributed by atoms with Gasteiger partial charge in [-0.15, -0.1) is 0 Å². The van der Waals surface area contributed by atoms with Crippen molar-refractivity contribution in [3.05, 3.63) is 17.5 Å². The second-order valence-electron chi connectivity index (χ2n) is 6.36. The predicted octanol–water partition coefficient (Wildman–Crippen LogP) is 0.640. The number of amides is 2. The van der Waals surface area contributed by atoms with E-state index in [9.17, 15) is 9.59 Å². The van der Waals surface area contributed by atoms with Gasteiger partial charge in [-0.05, 0) is 32.3 Å².